The molecule has 0 spiro atoms. The van der Waals surface area contributed by atoms with Gasteiger partial charge in [-0.15, -0.1) is 0 Å². The van der Waals surface area contributed by atoms with Gasteiger partial charge in [0.05, 0.1) is 12.1 Å². The van der Waals surface area contributed by atoms with Gasteiger partial charge in [-0.2, -0.15) is 0 Å². The van der Waals surface area contributed by atoms with E-state index in [2.05, 4.69) is 29.7 Å². The molecule has 0 aliphatic heterocycles. The highest BCUT2D eigenvalue weighted by atomic mass is 16.5. The number of rotatable bonds is 4. The molecule has 1 aliphatic carbocycles. The summed E-state index contributed by atoms with van der Waals surface area (Å²) in [6.07, 6.45) is 1.05. The number of nitrogens with one attached hydrogen (secondary N) is 2. The third-order valence-corrected chi connectivity index (χ3v) is 3.74. The molecule has 4 nitrogen and oxygen atoms in total. The second-order valence-corrected chi connectivity index (χ2v) is 5.26. The Hall–Kier alpha value is -1.55. The van der Waals surface area contributed by atoms with Gasteiger partial charge in [0.2, 0.25) is 0 Å². The molecule has 0 radical (unpaired) electrons. The number of urea groups is 1. The number of ether oxygens (including phenoxy) is 1. The molecule has 0 saturated carbocycles. The number of hydrogen-bond donors (Lipinski definition) is 2. The molecule has 1 aromatic rings. The Morgan fingerprint density at radius 3 is 2.95 bits per heavy atom. The summed E-state index contributed by atoms with van der Waals surface area (Å²) in [6, 6.07) is 8.29. The molecule has 0 heterocycles. The van der Waals surface area contributed by atoms with Crippen LogP contribution in [0.25, 0.3) is 0 Å². The van der Waals surface area contributed by atoms with Gasteiger partial charge in [0, 0.05) is 13.7 Å². The van der Waals surface area contributed by atoms with E-state index in [0.717, 1.165) is 6.42 Å². The number of methoxy groups -OCH3 is 1. The summed E-state index contributed by atoms with van der Waals surface area (Å²) >= 11 is 0. The molecule has 104 valence electrons. The fourth-order valence-electron chi connectivity index (χ4n) is 2.53. The van der Waals surface area contributed by atoms with E-state index in [1.165, 1.54) is 11.1 Å². The molecule has 2 N–H and O–H groups in total. The monoisotopic (exact) mass is 262 g/mol. The maximum absolute atomic E-state index is 11.9. The van der Waals surface area contributed by atoms with Crippen molar-refractivity contribution in [3.63, 3.8) is 0 Å². The Labute approximate surface area is 114 Å². The molecule has 19 heavy (non-hydrogen) atoms. The number of hydrogen-bond acceptors (Lipinski definition) is 2. The van der Waals surface area contributed by atoms with Gasteiger partial charge in [0.15, 0.2) is 0 Å². The van der Waals surface area contributed by atoms with Crippen LogP contribution in [0.2, 0.25) is 0 Å². The Balaban J connectivity index is 1.94. The van der Waals surface area contributed by atoms with Gasteiger partial charge in [-0.25, -0.2) is 4.79 Å². The van der Waals surface area contributed by atoms with E-state index in [0.29, 0.717) is 12.5 Å². The standard InChI is InChI=1S/C15H22N2O2/c1-10-8-12-6-4-5-7-13(12)14(10)17-15(18)16-9-11(2)19-3/h4-7,10-11,14H,8-9H2,1-3H3,(H2,16,17,18). The van der Waals surface area contributed by atoms with E-state index in [1.807, 2.05) is 19.1 Å². The third-order valence-electron chi connectivity index (χ3n) is 3.74. The molecule has 0 bridgehead atoms. The zero-order chi connectivity index (χ0) is 13.8. The zero-order valence-corrected chi connectivity index (χ0v) is 11.8. The van der Waals surface area contributed by atoms with Crippen molar-refractivity contribution in [2.45, 2.75) is 32.4 Å². The molecule has 2 rings (SSSR count). The lowest BCUT2D eigenvalue weighted by atomic mass is 10.0. The largest absolute Gasteiger partial charge is 0.380 e. The average Bonchev–Trinajstić information content (AvgIpc) is 2.72. The first-order chi connectivity index (χ1) is 9.11. The van der Waals surface area contributed by atoms with Gasteiger partial charge in [0.25, 0.3) is 0 Å². The van der Waals surface area contributed by atoms with Gasteiger partial charge in [-0.05, 0) is 30.4 Å². The van der Waals surface area contributed by atoms with Crippen LogP contribution in [-0.2, 0) is 11.2 Å². The molecule has 3 atom stereocenters. The van der Waals surface area contributed by atoms with Crippen LogP contribution in [-0.4, -0.2) is 25.8 Å². The van der Waals surface area contributed by atoms with E-state index in [-0.39, 0.29) is 18.2 Å². The third kappa shape index (κ3) is 3.26. The van der Waals surface area contributed by atoms with Crippen molar-refractivity contribution >= 4 is 6.03 Å². The van der Waals surface area contributed by atoms with E-state index >= 15 is 0 Å². The lowest BCUT2D eigenvalue weighted by Crippen LogP contribution is -2.42. The van der Waals surface area contributed by atoms with E-state index < -0.39 is 0 Å². The Morgan fingerprint density at radius 1 is 1.47 bits per heavy atom. The smallest absolute Gasteiger partial charge is 0.315 e. The quantitative estimate of drug-likeness (QED) is 0.874. The van der Waals surface area contributed by atoms with Crippen LogP contribution < -0.4 is 10.6 Å². The van der Waals surface area contributed by atoms with E-state index in [4.69, 9.17) is 4.74 Å². The highest BCUT2D eigenvalue weighted by Gasteiger charge is 2.30. The van der Waals surface area contributed by atoms with Crippen LogP contribution in [0.4, 0.5) is 4.79 Å². The van der Waals surface area contributed by atoms with Crippen molar-refractivity contribution in [1.29, 1.82) is 0 Å². The first kappa shape index (κ1) is 13.9. The minimum Gasteiger partial charge on any atom is -0.380 e. The summed E-state index contributed by atoms with van der Waals surface area (Å²) in [7, 11) is 1.64. The van der Waals surface area contributed by atoms with Crippen molar-refractivity contribution < 1.29 is 9.53 Å². The molecule has 0 saturated heterocycles. The molecule has 1 aromatic carbocycles. The van der Waals surface area contributed by atoms with Gasteiger partial charge < -0.3 is 15.4 Å². The van der Waals surface area contributed by atoms with Gasteiger partial charge in [-0.3, -0.25) is 0 Å². The second-order valence-electron chi connectivity index (χ2n) is 5.26. The second kappa shape index (κ2) is 6.06. The molecule has 0 fully saturated rings. The molecular weight excluding hydrogens is 240 g/mol. The molecule has 3 unspecified atom stereocenters. The Kier molecular flexibility index (Phi) is 4.43. The van der Waals surface area contributed by atoms with Gasteiger partial charge in [0.1, 0.15) is 0 Å². The van der Waals surface area contributed by atoms with Crippen LogP contribution >= 0.6 is 0 Å². The van der Waals surface area contributed by atoms with Crippen LogP contribution in [0, 0.1) is 5.92 Å². The summed E-state index contributed by atoms with van der Waals surface area (Å²) in [5, 5.41) is 5.90. The predicted molar refractivity (Wildman–Crippen MR) is 75.1 cm³/mol. The maximum atomic E-state index is 11.9. The number of amides is 2. The first-order valence-corrected chi connectivity index (χ1v) is 6.76. The minimum absolute atomic E-state index is 0.0269. The van der Waals surface area contributed by atoms with Crippen molar-refractivity contribution in [3.05, 3.63) is 35.4 Å². The average molecular weight is 262 g/mol. The summed E-state index contributed by atoms with van der Waals surface area (Å²) in [6.45, 7) is 4.61. The SMILES string of the molecule is COC(C)CNC(=O)NC1c2ccccc2CC1C. The maximum Gasteiger partial charge on any atom is 0.315 e. The molecular formula is C15H22N2O2. The first-order valence-electron chi connectivity index (χ1n) is 6.76. The number of fused-ring (bicyclic) bond motifs is 1. The van der Waals surface area contributed by atoms with Crippen molar-refractivity contribution in [2.75, 3.05) is 13.7 Å². The predicted octanol–water partition coefficient (Wildman–Crippen LogP) is 2.25. The lowest BCUT2D eigenvalue weighted by Gasteiger charge is -2.20. The van der Waals surface area contributed by atoms with Gasteiger partial charge in [-0.1, -0.05) is 31.2 Å². The van der Waals surface area contributed by atoms with Crippen molar-refractivity contribution in [1.82, 2.24) is 10.6 Å². The van der Waals surface area contributed by atoms with Crippen LogP contribution in [0.15, 0.2) is 24.3 Å². The van der Waals surface area contributed by atoms with Crippen LogP contribution in [0.3, 0.4) is 0 Å². The molecule has 4 heteroatoms. The molecule has 2 amide bonds. The zero-order valence-electron chi connectivity index (χ0n) is 11.8. The van der Waals surface area contributed by atoms with Crippen molar-refractivity contribution in [2.24, 2.45) is 5.92 Å². The summed E-state index contributed by atoms with van der Waals surface area (Å²) < 4.78 is 5.11. The highest BCUT2D eigenvalue weighted by Crippen LogP contribution is 2.35. The van der Waals surface area contributed by atoms with E-state index in [9.17, 15) is 4.79 Å². The fraction of sp³-hybridized carbons (Fsp3) is 0.533. The fourth-order valence-corrected chi connectivity index (χ4v) is 2.53. The number of carbonyl (C=O) groups excluding carboxylic acids is 1. The van der Waals surface area contributed by atoms with Crippen molar-refractivity contribution in [3.8, 4) is 0 Å². The highest BCUT2D eigenvalue weighted by molar-refractivity contribution is 5.74. The normalized spacial score (nSPS) is 22.7. The Morgan fingerprint density at radius 2 is 2.21 bits per heavy atom. The summed E-state index contributed by atoms with van der Waals surface area (Å²) in [5.41, 5.74) is 2.58. The molecule has 1 aliphatic rings. The Bertz CT molecular complexity index is 448. The summed E-state index contributed by atoms with van der Waals surface area (Å²) in [5.74, 6) is 0.433. The van der Waals surface area contributed by atoms with Crippen LogP contribution in [0.5, 0.6) is 0 Å². The number of benzene rings is 1. The molecule has 0 aromatic heterocycles. The summed E-state index contributed by atoms with van der Waals surface area (Å²) in [4.78, 5) is 11.9. The minimum atomic E-state index is -0.127. The van der Waals surface area contributed by atoms with Gasteiger partial charge >= 0.3 is 6.03 Å². The van der Waals surface area contributed by atoms with E-state index in [1.54, 1.807) is 7.11 Å². The number of carbonyl (C=O) groups is 1. The topological polar surface area (TPSA) is 50.4 Å². The lowest BCUT2D eigenvalue weighted by molar-refractivity contribution is 0.118. The van der Waals surface area contributed by atoms with Crippen LogP contribution in [0.1, 0.15) is 31.0 Å².